The van der Waals surface area contributed by atoms with E-state index in [1.807, 2.05) is 31.2 Å². The van der Waals surface area contributed by atoms with Crippen LogP contribution in [0.5, 0.6) is 0 Å². The standard InChI is InChI=1S/C23H19N5O5/c1-15-7-9-16(10-8-15)13-27-22(30)21-19(6-3-11-24-21)26(23(27)31)14-20(29)25-17-4-2-5-18(12-17)28(32)33/h2-12H,13-14H2,1H3,(H,25,29). The molecular formula is C23H19N5O5. The monoisotopic (exact) mass is 445 g/mol. The zero-order valence-corrected chi connectivity index (χ0v) is 17.6. The molecule has 0 radical (unpaired) electrons. The minimum Gasteiger partial charge on any atom is -0.324 e. The van der Waals surface area contributed by atoms with Gasteiger partial charge in [-0.25, -0.2) is 9.78 Å². The lowest BCUT2D eigenvalue weighted by Crippen LogP contribution is -2.42. The van der Waals surface area contributed by atoms with Gasteiger partial charge >= 0.3 is 5.69 Å². The predicted molar refractivity (Wildman–Crippen MR) is 122 cm³/mol. The lowest BCUT2D eigenvalue weighted by Gasteiger charge is -2.14. The van der Waals surface area contributed by atoms with Gasteiger partial charge in [0.2, 0.25) is 5.91 Å². The fourth-order valence-electron chi connectivity index (χ4n) is 3.45. The lowest BCUT2D eigenvalue weighted by molar-refractivity contribution is -0.384. The van der Waals surface area contributed by atoms with Crippen LogP contribution in [0, 0.1) is 17.0 Å². The molecule has 4 aromatic rings. The van der Waals surface area contributed by atoms with Crippen molar-refractivity contribution >= 4 is 28.3 Å². The Kier molecular flexibility index (Phi) is 5.81. The molecule has 10 heteroatoms. The van der Waals surface area contributed by atoms with Crippen LogP contribution in [0.4, 0.5) is 11.4 Å². The summed E-state index contributed by atoms with van der Waals surface area (Å²) >= 11 is 0. The van der Waals surface area contributed by atoms with Gasteiger partial charge in [-0.2, -0.15) is 0 Å². The van der Waals surface area contributed by atoms with E-state index in [-0.39, 0.29) is 29.0 Å². The smallest absolute Gasteiger partial charge is 0.324 e. The number of nitrogens with zero attached hydrogens (tertiary/aromatic N) is 4. The number of hydrogen-bond acceptors (Lipinski definition) is 6. The Bertz CT molecular complexity index is 1490. The molecule has 0 fully saturated rings. The maximum atomic E-state index is 13.2. The molecule has 0 aliphatic rings. The summed E-state index contributed by atoms with van der Waals surface area (Å²) in [6, 6.07) is 16.0. The molecule has 166 valence electrons. The Balaban J connectivity index is 1.72. The minimum absolute atomic E-state index is 0.0248. The molecule has 2 heterocycles. The van der Waals surface area contributed by atoms with Crippen LogP contribution in [0.1, 0.15) is 11.1 Å². The number of rotatable bonds is 6. The largest absolute Gasteiger partial charge is 0.332 e. The van der Waals surface area contributed by atoms with Crippen LogP contribution in [0.15, 0.2) is 76.4 Å². The van der Waals surface area contributed by atoms with E-state index in [0.717, 1.165) is 15.7 Å². The number of hydrogen-bond donors (Lipinski definition) is 1. The molecule has 2 aromatic heterocycles. The summed E-state index contributed by atoms with van der Waals surface area (Å²) in [5, 5.41) is 13.5. The number of pyridine rings is 1. The highest BCUT2D eigenvalue weighted by molar-refractivity contribution is 5.91. The van der Waals surface area contributed by atoms with E-state index in [2.05, 4.69) is 10.3 Å². The van der Waals surface area contributed by atoms with Crippen molar-refractivity contribution in [3.63, 3.8) is 0 Å². The summed E-state index contributed by atoms with van der Waals surface area (Å²) < 4.78 is 2.21. The quantitative estimate of drug-likeness (QED) is 0.359. The number of nitro groups is 1. The van der Waals surface area contributed by atoms with E-state index in [4.69, 9.17) is 0 Å². The first kappa shape index (κ1) is 21.6. The van der Waals surface area contributed by atoms with Crippen LogP contribution in [0.3, 0.4) is 0 Å². The SMILES string of the molecule is Cc1ccc(Cn2c(=O)c3ncccc3n(CC(=O)Nc3cccc([N+](=O)[O-])c3)c2=O)cc1. The van der Waals surface area contributed by atoms with E-state index in [1.165, 1.54) is 35.0 Å². The summed E-state index contributed by atoms with van der Waals surface area (Å²) in [6.45, 7) is 1.55. The predicted octanol–water partition coefficient (Wildman–Crippen LogP) is 2.46. The highest BCUT2D eigenvalue weighted by atomic mass is 16.6. The third-order valence-corrected chi connectivity index (χ3v) is 5.09. The van der Waals surface area contributed by atoms with Crippen LogP contribution in [0.25, 0.3) is 11.0 Å². The van der Waals surface area contributed by atoms with Gasteiger partial charge in [0.05, 0.1) is 17.0 Å². The Hall–Kier alpha value is -4.60. The zero-order valence-electron chi connectivity index (χ0n) is 17.6. The average Bonchev–Trinajstić information content (AvgIpc) is 2.81. The van der Waals surface area contributed by atoms with Gasteiger partial charge in [0.25, 0.3) is 11.2 Å². The van der Waals surface area contributed by atoms with E-state index < -0.39 is 28.6 Å². The Morgan fingerprint density at radius 1 is 1.06 bits per heavy atom. The lowest BCUT2D eigenvalue weighted by atomic mass is 10.1. The number of anilines is 1. The van der Waals surface area contributed by atoms with Crippen LogP contribution >= 0.6 is 0 Å². The van der Waals surface area contributed by atoms with Crippen molar-refractivity contribution in [1.29, 1.82) is 0 Å². The van der Waals surface area contributed by atoms with Gasteiger partial charge in [-0.1, -0.05) is 35.9 Å². The van der Waals surface area contributed by atoms with Crippen LogP contribution in [-0.4, -0.2) is 24.9 Å². The Morgan fingerprint density at radius 3 is 2.55 bits per heavy atom. The number of nitro benzene ring substituents is 1. The van der Waals surface area contributed by atoms with Gasteiger partial charge < -0.3 is 5.32 Å². The van der Waals surface area contributed by atoms with E-state index in [0.29, 0.717) is 0 Å². The number of non-ortho nitro benzene ring substituents is 1. The maximum Gasteiger partial charge on any atom is 0.332 e. The third kappa shape index (κ3) is 4.54. The van der Waals surface area contributed by atoms with Crippen molar-refractivity contribution in [2.24, 2.45) is 0 Å². The molecular weight excluding hydrogens is 426 g/mol. The summed E-state index contributed by atoms with van der Waals surface area (Å²) in [5.41, 5.74) is 0.920. The molecule has 0 aliphatic carbocycles. The summed E-state index contributed by atoms with van der Waals surface area (Å²) in [4.78, 5) is 53.4. The molecule has 2 aromatic carbocycles. The van der Waals surface area contributed by atoms with Crippen LogP contribution in [-0.2, 0) is 17.9 Å². The summed E-state index contributed by atoms with van der Waals surface area (Å²) in [5.74, 6) is -0.580. The molecule has 0 bridgehead atoms. The molecule has 10 nitrogen and oxygen atoms in total. The van der Waals surface area contributed by atoms with E-state index in [1.54, 1.807) is 12.1 Å². The molecule has 1 amide bonds. The van der Waals surface area contributed by atoms with E-state index in [9.17, 15) is 24.5 Å². The van der Waals surface area contributed by atoms with Gasteiger partial charge in [-0.3, -0.25) is 28.8 Å². The van der Waals surface area contributed by atoms with Crippen LogP contribution < -0.4 is 16.6 Å². The number of carbonyl (C=O) groups is 1. The van der Waals surface area contributed by atoms with Gasteiger partial charge in [-0.05, 0) is 30.7 Å². The number of amides is 1. The molecule has 4 rings (SSSR count). The van der Waals surface area contributed by atoms with Crippen molar-refractivity contribution in [2.75, 3.05) is 5.32 Å². The maximum absolute atomic E-state index is 13.2. The molecule has 0 atom stereocenters. The first-order valence-corrected chi connectivity index (χ1v) is 10.0. The Morgan fingerprint density at radius 2 is 1.82 bits per heavy atom. The second-order valence-electron chi connectivity index (χ2n) is 7.47. The number of fused-ring (bicyclic) bond motifs is 1. The van der Waals surface area contributed by atoms with Gasteiger partial charge in [-0.15, -0.1) is 0 Å². The number of carbonyl (C=O) groups excluding carboxylic acids is 1. The zero-order chi connectivity index (χ0) is 23.5. The number of aromatic nitrogens is 3. The summed E-state index contributed by atoms with van der Waals surface area (Å²) in [6.07, 6.45) is 1.44. The molecule has 0 spiro atoms. The second-order valence-corrected chi connectivity index (χ2v) is 7.47. The molecule has 0 aliphatic heterocycles. The molecule has 0 unspecified atom stereocenters. The van der Waals surface area contributed by atoms with Crippen molar-refractivity contribution in [2.45, 2.75) is 20.0 Å². The minimum atomic E-state index is -0.657. The van der Waals surface area contributed by atoms with Crippen LogP contribution in [0.2, 0.25) is 0 Å². The van der Waals surface area contributed by atoms with Crippen molar-refractivity contribution in [1.82, 2.24) is 14.1 Å². The van der Waals surface area contributed by atoms with Gasteiger partial charge in [0.15, 0.2) is 5.52 Å². The average molecular weight is 445 g/mol. The van der Waals surface area contributed by atoms with Gasteiger partial charge in [0.1, 0.15) is 6.54 Å². The third-order valence-electron chi connectivity index (χ3n) is 5.09. The Labute approximate surface area is 186 Å². The van der Waals surface area contributed by atoms with Gasteiger partial charge in [0, 0.05) is 24.0 Å². The highest BCUT2D eigenvalue weighted by Gasteiger charge is 2.17. The van der Waals surface area contributed by atoms with E-state index >= 15 is 0 Å². The number of aryl methyl sites for hydroxylation is 1. The summed E-state index contributed by atoms with van der Waals surface area (Å²) in [7, 11) is 0. The molecule has 33 heavy (non-hydrogen) atoms. The fraction of sp³-hybridized carbons (Fsp3) is 0.130. The topological polar surface area (TPSA) is 129 Å². The molecule has 0 saturated carbocycles. The van der Waals surface area contributed by atoms with Crippen molar-refractivity contribution in [3.05, 3.63) is 109 Å². The second kappa shape index (κ2) is 8.87. The molecule has 0 saturated heterocycles. The number of nitrogens with one attached hydrogen (secondary N) is 1. The number of benzene rings is 2. The first-order valence-electron chi connectivity index (χ1n) is 10.0. The fourth-order valence-corrected chi connectivity index (χ4v) is 3.45. The molecule has 1 N–H and O–H groups in total. The first-order chi connectivity index (χ1) is 15.8. The van der Waals surface area contributed by atoms with Crippen molar-refractivity contribution < 1.29 is 9.72 Å². The normalized spacial score (nSPS) is 10.8. The highest BCUT2D eigenvalue weighted by Crippen LogP contribution is 2.17. The van der Waals surface area contributed by atoms with Crippen molar-refractivity contribution in [3.8, 4) is 0 Å².